The lowest BCUT2D eigenvalue weighted by atomic mass is 10.1. The number of hydrogen-bond acceptors (Lipinski definition) is 3. The molecule has 0 saturated carbocycles. The van der Waals surface area contributed by atoms with E-state index in [-0.39, 0.29) is 36.3 Å². The highest BCUT2D eigenvalue weighted by molar-refractivity contribution is 6.00. The van der Waals surface area contributed by atoms with E-state index in [4.69, 9.17) is 4.74 Å². The largest absolute Gasteiger partial charge is 0.491 e. The van der Waals surface area contributed by atoms with Crippen LogP contribution in [0.5, 0.6) is 5.75 Å². The van der Waals surface area contributed by atoms with Gasteiger partial charge >= 0.3 is 0 Å². The van der Waals surface area contributed by atoms with E-state index >= 15 is 0 Å². The molecular weight excluding hydrogens is 292 g/mol. The SMILES string of the molecule is CC[C@@H](C)NC(=O)[C@H]1CC(=O)N(c2ccc(OC(C)C)cc2)C1. The number of carbonyl (C=O) groups excluding carboxylic acids is 2. The molecule has 5 nitrogen and oxygen atoms in total. The summed E-state index contributed by atoms with van der Waals surface area (Å²) < 4.78 is 5.61. The maximum absolute atomic E-state index is 12.2. The van der Waals surface area contributed by atoms with E-state index in [1.54, 1.807) is 4.90 Å². The van der Waals surface area contributed by atoms with Crippen LogP contribution >= 0.6 is 0 Å². The quantitative estimate of drug-likeness (QED) is 0.877. The van der Waals surface area contributed by atoms with Crippen LogP contribution in [0.4, 0.5) is 5.69 Å². The second-order valence-corrected chi connectivity index (χ2v) is 6.38. The molecule has 2 rings (SSSR count). The van der Waals surface area contributed by atoms with Crippen molar-refractivity contribution in [2.75, 3.05) is 11.4 Å². The van der Waals surface area contributed by atoms with Crippen LogP contribution in [-0.4, -0.2) is 30.5 Å². The van der Waals surface area contributed by atoms with Crippen molar-refractivity contribution in [3.8, 4) is 5.75 Å². The van der Waals surface area contributed by atoms with Gasteiger partial charge in [0, 0.05) is 24.7 Å². The summed E-state index contributed by atoms with van der Waals surface area (Å²) >= 11 is 0. The second kappa shape index (κ2) is 7.49. The van der Waals surface area contributed by atoms with Crippen molar-refractivity contribution in [2.24, 2.45) is 5.92 Å². The molecule has 0 unspecified atom stereocenters. The fraction of sp³-hybridized carbons (Fsp3) is 0.556. The normalized spacial score (nSPS) is 19.1. The number of anilines is 1. The van der Waals surface area contributed by atoms with Gasteiger partial charge in [0.2, 0.25) is 11.8 Å². The highest BCUT2D eigenvalue weighted by Gasteiger charge is 2.35. The van der Waals surface area contributed by atoms with Crippen LogP contribution in [0.15, 0.2) is 24.3 Å². The third-order valence-corrected chi connectivity index (χ3v) is 4.02. The van der Waals surface area contributed by atoms with E-state index in [9.17, 15) is 9.59 Å². The Morgan fingerprint density at radius 1 is 1.30 bits per heavy atom. The number of ether oxygens (including phenoxy) is 1. The smallest absolute Gasteiger partial charge is 0.227 e. The molecule has 126 valence electrons. The third kappa shape index (κ3) is 4.47. The van der Waals surface area contributed by atoms with Crippen LogP contribution in [0.25, 0.3) is 0 Å². The topological polar surface area (TPSA) is 58.6 Å². The molecule has 1 N–H and O–H groups in total. The first kappa shape index (κ1) is 17.3. The summed E-state index contributed by atoms with van der Waals surface area (Å²) in [6.45, 7) is 8.38. The van der Waals surface area contributed by atoms with Gasteiger partial charge in [0.15, 0.2) is 0 Å². The lowest BCUT2D eigenvalue weighted by Crippen LogP contribution is -2.38. The Balaban J connectivity index is 2.01. The molecule has 0 aliphatic carbocycles. The summed E-state index contributed by atoms with van der Waals surface area (Å²) in [5, 5.41) is 2.96. The van der Waals surface area contributed by atoms with Crippen molar-refractivity contribution in [1.29, 1.82) is 0 Å². The third-order valence-electron chi connectivity index (χ3n) is 4.02. The van der Waals surface area contributed by atoms with Crippen molar-refractivity contribution in [3.05, 3.63) is 24.3 Å². The first-order valence-electron chi connectivity index (χ1n) is 8.28. The second-order valence-electron chi connectivity index (χ2n) is 6.38. The summed E-state index contributed by atoms with van der Waals surface area (Å²) in [7, 11) is 0. The molecule has 0 spiro atoms. The average molecular weight is 318 g/mol. The molecule has 1 aromatic rings. The number of nitrogens with zero attached hydrogens (tertiary/aromatic N) is 1. The lowest BCUT2D eigenvalue weighted by Gasteiger charge is -2.18. The van der Waals surface area contributed by atoms with E-state index < -0.39 is 0 Å². The molecule has 0 radical (unpaired) electrons. The minimum atomic E-state index is -0.275. The van der Waals surface area contributed by atoms with E-state index in [0.717, 1.165) is 17.9 Å². The van der Waals surface area contributed by atoms with Gasteiger partial charge in [-0.15, -0.1) is 0 Å². The van der Waals surface area contributed by atoms with Crippen LogP contribution in [0.2, 0.25) is 0 Å². The predicted molar refractivity (Wildman–Crippen MR) is 90.6 cm³/mol. The molecule has 1 aliphatic heterocycles. The first-order chi connectivity index (χ1) is 10.9. The van der Waals surface area contributed by atoms with E-state index in [1.165, 1.54) is 0 Å². The fourth-order valence-electron chi connectivity index (χ4n) is 2.57. The number of rotatable bonds is 6. The maximum atomic E-state index is 12.2. The van der Waals surface area contributed by atoms with Gasteiger partial charge in [-0.3, -0.25) is 9.59 Å². The number of amides is 2. The molecule has 1 aromatic carbocycles. The van der Waals surface area contributed by atoms with Gasteiger partial charge in [-0.2, -0.15) is 0 Å². The van der Waals surface area contributed by atoms with Gasteiger partial charge in [0.25, 0.3) is 0 Å². The summed E-state index contributed by atoms with van der Waals surface area (Å²) in [6, 6.07) is 7.58. The Kier molecular flexibility index (Phi) is 5.64. The van der Waals surface area contributed by atoms with Gasteiger partial charge in [0.1, 0.15) is 5.75 Å². The lowest BCUT2D eigenvalue weighted by molar-refractivity contribution is -0.126. The van der Waals surface area contributed by atoms with Crippen molar-refractivity contribution in [1.82, 2.24) is 5.32 Å². The van der Waals surface area contributed by atoms with E-state index in [1.807, 2.05) is 52.0 Å². The van der Waals surface area contributed by atoms with E-state index in [2.05, 4.69) is 5.32 Å². The monoisotopic (exact) mass is 318 g/mol. The Bertz CT molecular complexity index is 554. The van der Waals surface area contributed by atoms with Gasteiger partial charge in [-0.1, -0.05) is 6.92 Å². The van der Waals surface area contributed by atoms with E-state index in [0.29, 0.717) is 6.54 Å². The summed E-state index contributed by atoms with van der Waals surface area (Å²) in [4.78, 5) is 26.1. The Morgan fingerprint density at radius 3 is 2.52 bits per heavy atom. The van der Waals surface area contributed by atoms with Gasteiger partial charge < -0.3 is 15.0 Å². The van der Waals surface area contributed by atoms with Gasteiger partial charge in [-0.05, 0) is 51.5 Å². The number of benzene rings is 1. The highest BCUT2D eigenvalue weighted by Crippen LogP contribution is 2.27. The number of nitrogens with one attached hydrogen (secondary N) is 1. The molecule has 2 amide bonds. The van der Waals surface area contributed by atoms with Crippen LogP contribution in [0, 0.1) is 5.92 Å². The average Bonchev–Trinajstić information content (AvgIpc) is 2.89. The zero-order valence-electron chi connectivity index (χ0n) is 14.3. The number of hydrogen-bond donors (Lipinski definition) is 1. The molecule has 0 bridgehead atoms. The summed E-state index contributed by atoms with van der Waals surface area (Å²) in [5.74, 6) is 0.464. The molecule has 23 heavy (non-hydrogen) atoms. The standard InChI is InChI=1S/C18H26N2O3/c1-5-13(4)19-18(22)14-10-17(21)20(11-14)15-6-8-16(9-7-15)23-12(2)3/h6-9,12-14H,5,10-11H2,1-4H3,(H,19,22)/t13-,14+/m1/s1. The number of carbonyl (C=O) groups is 2. The molecule has 1 fully saturated rings. The maximum Gasteiger partial charge on any atom is 0.227 e. The van der Waals surface area contributed by atoms with Crippen LogP contribution in [-0.2, 0) is 9.59 Å². The Hall–Kier alpha value is -2.04. The minimum Gasteiger partial charge on any atom is -0.491 e. The first-order valence-corrected chi connectivity index (χ1v) is 8.28. The predicted octanol–water partition coefficient (Wildman–Crippen LogP) is 2.74. The fourth-order valence-corrected chi connectivity index (χ4v) is 2.57. The summed E-state index contributed by atoms with van der Waals surface area (Å²) in [5.41, 5.74) is 0.810. The van der Waals surface area contributed by atoms with Crippen molar-refractivity contribution in [3.63, 3.8) is 0 Å². The van der Waals surface area contributed by atoms with Crippen molar-refractivity contribution >= 4 is 17.5 Å². The molecule has 1 heterocycles. The Morgan fingerprint density at radius 2 is 1.96 bits per heavy atom. The Labute approximate surface area is 138 Å². The molecule has 2 atom stereocenters. The van der Waals surface area contributed by atoms with Crippen molar-refractivity contribution < 1.29 is 14.3 Å². The van der Waals surface area contributed by atoms with Crippen LogP contribution in [0.1, 0.15) is 40.5 Å². The van der Waals surface area contributed by atoms with Crippen LogP contribution < -0.4 is 15.0 Å². The summed E-state index contributed by atoms with van der Waals surface area (Å²) in [6.07, 6.45) is 1.27. The minimum absolute atomic E-state index is 0.00757. The highest BCUT2D eigenvalue weighted by atomic mass is 16.5. The van der Waals surface area contributed by atoms with Gasteiger partial charge in [-0.25, -0.2) is 0 Å². The zero-order valence-corrected chi connectivity index (χ0v) is 14.3. The molecule has 0 aromatic heterocycles. The zero-order chi connectivity index (χ0) is 17.0. The molecular formula is C18H26N2O3. The molecule has 1 saturated heterocycles. The molecule has 1 aliphatic rings. The van der Waals surface area contributed by atoms with Crippen LogP contribution in [0.3, 0.4) is 0 Å². The molecule has 5 heteroatoms. The van der Waals surface area contributed by atoms with Crippen molar-refractivity contribution in [2.45, 2.75) is 52.7 Å². The van der Waals surface area contributed by atoms with Gasteiger partial charge in [0.05, 0.1) is 12.0 Å².